The number of hydrogen-bond acceptors (Lipinski definition) is 3. The van der Waals surface area contributed by atoms with Gasteiger partial charge in [-0.3, -0.25) is 9.69 Å². The molecule has 0 heterocycles. The molecule has 66 valence electrons. The van der Waals surface area contributed by atoms with Crippen molar-refractivity contribution >= 4 is 5.91 Å². The Morgan fingerprint density at radius 2 is 2.18 bits per heavy atom. The lowest BCUT2D eigenvalue weighted by atomic mass is 10.4. The number of aliphatic hydroxyl groups is 1. The minimum Gasteiger partial charge on any atom is -0.395 e. The maximum absolute atomic E-state index is 10.5. The summed E-state index contributed by atoms with van der Waals surface area (Å²) >= 11 is 0. The average molecular weight is 160 g/mol. The molecule has 4 nitrogen and oxygen atoms in total. The van der Waals surface area contributed by atoms with Gasteiger partial charge in [-0.25, -0.2) is 0 Å². The molecule has 3 N–H and O–H groups in total. The Hall–Kier alpha value is -0.610. The van der Waals surface area contributed by atoms with Gasteiger partial charge in [-0.05, 0) is 13.0 Å². The molecule has 4 heteroatoms. The average Bonchev–Trinajstić information content (AvgIpc) is 1.87. The highest BCUT2D eigenvalue weighted by Gasteiger charge is 2.04. The second-order valence-electron chi connectivity index (χ2n) is 2.47. The maximum atomic E-state index is 10.5. The fourth-order valence-electron chi connectivity index (χ4n) is 0.948. The molecule has 0 fully saturated rings. The van der Waals surface area contributed by atoms with Crippen LogP contribution >= 0.6 is 0 Å². The van der Waals surface area contributed by atoms with Gasteiger partial charge in [0.25, 0.3) is 0 Å². The third-order valence-electron chi connectivity index (χ3n) is 1.34. The van der Waals surface area contributed by atoms with Crippen molar-refractivity contribution in [3.63, 3.8) is 0 Å². The molecule has 0 rings (SSSR count). The van der Waals surface area contributed by atoms with Crippen LogP contribution in [0.3, 0.4) is 0 Å². The number of hydrogen-bond donors (Lipinski definition) is 2. The van der Waals surface area contributed by atoms with E-state index in [9.17, 15) is 4.79 Å². The van der Waals surface area contributed by atoms with Gasteiger partial charge in [-0.1, -0.05) is 6.92 Å². The molecular formula is C7H16N2O2. The Morgan fingerprint density at radius 1 is 1.55 bits per heavy atom. The van der Waals surface area contributed by atoms with Crippen LogP contribution in [0, 0.1) is 0 Å². The number of nitrogens with two attached hydrogens (primary N) is 1. The van der Waals surface area contributed by atoms with Gasteiger partial charge in [-0.15, -0.1) is 0 Å². The van der Waals surface area contributed by atoms with E-state index in [4.69, 9.17) is 10.8 Å². The van der Waals surface area contributed by atoms with Crippen molar-refractivity contribution in [1.82, 2.24) is 4.90 Å². The monoisotopic (exact) mass is 160 g/mol. The second-order valence-corrected chi connectivity index (χ2v) is 2.47. The maximum Gasteiger partial charge on any atom is 0.231 e. The zero-order valence-electron chi connectivity index (χ0n) is 6.92. The molecule has 0 atom stereocenters. The molecule has 11 heavy (non-hydrogen) atoms. The van der Waals surface area contributed by atoms with E-state index in [-0.39, 0.29) is 19.1 Å². The topological polar surface area (TPSA) is 66.6 Å². The van der Waals surface area contributed by atoms with Crippen molar-refractivity contribution in [2.75, 3.05) is 26.2 Å². The van der Waals surface area contributed by atoms with E-state index in [1.54, 1.807) is 0 Å². The number of nitrogens with zero attached hydrogens (tertiary/aromatic N) is 1. The number of carbonyl (C=O) groups is 1. The van der Waals surface area contributed by atoms with E-state index in [0.29, 0.717) is 6.54 Å². The van der Waals surface area contributed by atoms with E-state index in [2.05, 4.69) is 0 Å². The molecule has 0 aliphatic rings. The first kappa shape index (κ1) is 10.4. The Kier molecular flexibility index (Phi) is 5.78. The highest BCUT2D eigenvalue weighted by atomic mass is 16.3. The number of amides is 1. The number of aliphatic hydroxyl groups excluding tert-OH is 1. The second kappa shape index (κ2) is 6.12. The molecule has 0 aromatic rings. The van der Waals surface area contributed by atoms with Crippen LogP contribution < -0.4 is 5.73 Å². The highest BCUT2D eigenvalue weighted by Crippen LogP contribution is 1.88. The first-order valence-corrected chi connectivity index (χ1v) is 3.82. The molecule has 0 saturated carbocycles. The summed E-state index contributed by atoms with van der Waals surface area (Å²) in [6, 6.07) is 0. The van der Waals surface area contributed by atoms with Crippen molar-refractivity contribution in [2.45, 2.75) is 13.3 Å². The van der Waals surface area contributed by atoms with E-state index in [0.717, 1.165) is 13.0 Å². The van der Waals surface area contributed by atoms with Crippen molar-refractivity contribution in [2.24, 2.45) is 5.73 Å². The minimum atomic E-state index is -0.341. The summed E-state index contributed by atoms with van der Waals surface area (Å²) in [7, 11) is 0. The molecule has 1 amide bonds. The fourth-order valence-corrected chi connectivity index (χ4v) is 0.948. The SMILES string of the molecule is CCCN(CCO)CC(N)=O. The zero-order valence-corrected chi connectivity index (χ0v) is 6.92. The van der Waals surface area contributed by atoms with E-state index < -0.39 is 0 Å². The Balaban J connectivity index is 3.59. The van der Waals surface area contributed by atoms with Crippen LogP contribution in [0.25, 0.3) is 0 Å². The zero-order chi connectivity index (χ0) is 8.69. The largest absolute Gasteiger partial charge is 0.395 e. The summed E-state index contributed by atoms with van der Waals surface area (Å²) in [5.41, 5.74) is 4.99. The molecule has 0 saturated heterocycles. The van der Waals surface area contributed by atoms with Gasteiger partial charge in [-0.2, -0.15) is 0 Å². The molecule has 0 spiro atoms. The fraction of sp³-hybridized carbons (Fsp3) is 0.857. The summed E-state index contributed by atoms with van der Waals surface area (Å²) in [5, 5.41) is 8.58. The molecule has 0 aliphatic carbocycles. The molecule has 0 aliphatic heterocycles. The summed E-state index contributed by atoms with van der Waals surface area (Å²) in [6.45, 7) is 3.67. The Bertz CT molecular complexity index is 111. The van der Waals surface area contributed by atoms with E-state index in [1.807, 2.05) is 11.8 Å². The smallest absolute Gasteiger partial charge is 0.231 e. The van der Waals surface area contributed by atoms with Gasteiger partial charge < -0.3 is 10.8 Å². The van der Waals surface area contributed by atoms with Crippen molar-refractivity contribution < 1.29 is 9.90 Å². The standard InChI is InChI=1S/C7H16N2O2/c1-2-3-9(4-5-10)6-7(8)11/h10H,2-6H2,1H3,(H2,8,11). The highest BCUT2D eigenvalue weighted by molar-refractivity contribution is 5.75. The van der Waals surface area contributed by atoms with Gasteiger partial charge in [0.05, 0.1) is 13.2 Å². The summed E-state index contributed by atoms with van der Waals surface area (Å²) in [4.78, 5) is 12.3. The van der Waals surface area contributed by atoms with Crippen LogP contribution in [0.4, 0.5) is 0 Å². The van der Waals surface area contributed by atoms with Gasteiger partial charge in [0.1, 0.15) is 0 Å². The van der Waals surface area contributed by atoms with Crippen LogP contribution in [0.5, 0.6) is 0 Å². The normalized spacial score (nSPS) is 10.5. The molecule has 0 unspecified atom stereocenters. The van der Waals surface area contributed by atoms with Crippen LogP contribution in [0.15, 0.2) is 0 Å². The van der Waals surface area contributed by atoms with Gasteiger partial charge in [0.15, 0.2) is 0 Å². The third kappa shape index (κ3) is 5.82. The quantitative estimate of drug-likeness (QED) is 0.533. The summed E-state index contributed by atoms with van der Waals surface area (Å²) in [5.74, 6) is -0.341. The predicted octanol–water partition coefficient (Wildman–Crippen LogP) is -0.824. The number of rotatable bonds is 6. The van der Waals surface area contributed by atoms with E-state index in [1.165, 1.54) is 0 Å². The number of carbonyl (C=O) groups excluding carboxylic acids is 1. The third-order valence-corrected chi connectivity index (χ3v) is 1.34. The minimum absolute atomic E-state index is 0.0767. The van der Waals surface area contributed by atoms with Gasteiger partial charge in [0, 0.05) is 6.54 Å². The van der Waals surface area contributed by atoms with Crippen LogP contribution in [0.1, 0.15) is 13.3 Å². The molecule has 0 bridgehead atoms. The molecule has 0 aromatic carbocycles. The van der Waals surface area contributed by atoms with Gasteiger partial charge >= 0.3 is 0 Å². The molecular weight excluding hydrogens is 144 g/mol. The van der Waals surface area contributed by atoms with Gasteiger partial charge in [0.2, 0.25) is 5.91 Å². The summed E-state index contributed by atoms with van der Waals surface area (Å²) in [6.07, 6.45) is 0.966. The first-order valence-electron chi connectivity index (χ1n) is 3.82. The Morgan fingerprint density at radius 3 is 2.55 bits per heavy atom. The van der Waals surface area contributed by atoms with E-state index >= 15 is 0 Å². The first-order chi connectivity index (χ1) is 5.20. The molecule has 0 aromatic heterocycles. The lowest BCUT2D eigenvalue weighted by Crippen LogP contribution is -2.36. The van der Waals surface area contributed by atoms with Crippen molar-refractivity contribution in [3.8, 4) is 0 Å². The Labute approximate surface area is 67.0 Å². The van der Waals surface area contributed by atoms with Crippen molar-refractivity contribution in [1.29, 1.82) is 0 Å². The van der Waals surface area contributed by atoms with Crippen molar-refractivity contribution in [3.05, 3.63) is 0 Å². The van der Waals surface area contributed by atoms with Crippen LogP contribution in [0.2, 0.25) is 0 Å². The predicted molar refractivity (Wildman–Crippen MR) is 43.0 cm³/mol. The van der Waals surface area contributed by atoms with Crippen LogP contribution in [-0.4, -0.2) is 42.2 Å². The van der Waals surface area contributed by atoms with Crippen LogP contribution in [-0.2, 0) is 4.79 Å². The molecule has 0 radical (unpaired) electrons. The number of primary amides is 1. The lowest BCUT2D eigenvalue weighted by Gasteiger charge is -2.17. The summed E-state index contributed by atoms with van der Waals surface area (Å²) < 4.78 is 0. The lowest BCUT2D eigenvalue weighted by molar-refractivity contribution is -0.119.